The summed E-state index contributed by atoms with van der Waals surface area (Å²) in [5.41, 5.74) is 2.62. The number of anilines is 2. The van der Waals surface area contributed by atoms with Gasteiger partial charge >= 0.3 is 0 Å². The van der Waals surface area contributed by atoms with Gasteiger partial charge in [-0.3, -0.25) is 9.59 Å². The zero-order valence-electron chi connectivity index (χ0n) is 15.4. The lowest BCUT2D eigenvalue weighted by atomic mass is 10.2. The Morgan fingerprint density at radius 1 is 1.15 bits per heavy atom. The molecule has 0 unspecified atom stereocenters. The van der Waals surface area contributed by atoms with Crippen molar-refractivity contribution in [2.45, 2.75) is 11.7 Å². The molecular weight excluding hydrogens is 362 g/mol. The van der Waals surface area contributed by atoms with E-state index in [9.17, 15) is 9.59 Å². The maximum absolute atomic E-state index is 12.3. The molecule has 0 fully saturated rings. The van der Waals surface area contributed by atoms with Crippen LogP contribution in [0.5, 0.6) is 5.75 Å². The Morgan fingerprint density at radius 2 is 1.81 bits per heavy atom. The smallest absolute Gasteiger partial charge is 0.260 e. The molecule has 0 radical (unpaired) electrons. The molecule has 7 heteroatoms. The Morgan fingerprint density at radius 3 is 2.41 bits per heavy atom. The van der Waals surface area contributed by atoms with E-state index in [1.165, 1.54) is 11.8 Å². The lowest BCUT2D eigenvalue weighted by Gasteiger charge is -2.12. The van der Waals surface area contributed by atoms with Crippen LogP contribution in [0.15, 0.2) is 53.5 Å². The van der Waals surface area contributed by atoms with Crippen molar-refractivity contribution in [3.05, 3.63) is 54.1 Å². The summed E-state index contributed by atoms with van der Waals surface area (Å²) in [4.78, 5) is 30.6. The van der Waals surface area contributed by atoms with Gasteiger partial charge in [-0.2, -0.15) is 0 Å². The zero-order chi connectivity index (χ0) is 19.4. The average molecular weight is 383 g/mol. The number of amides is 2. The standard InChI is InChI=1S/C20H21N3O3S/c1-23(2)15-8-4-13(5-9-15)20-22-19(25)17(27-20)12-18(24)21-14-6-10-16(26-3)11-7-14/h4-11,17H,12H2,1-3H3,(H,21,24)/t17-/m1/s1. The first-order valence-corrected chi connectivity index (χ1v) is 9.35. The van der Waals surface area contributed by atoms with Gasteiger partial charge < -0.3 is 15.0 Å². The van der Waals surface area contributed by atoms with Crippen molar-refractivity contribution in [1.29, 1.82) is 0 Å². The van der Waals surface area contributed by atoms with E-state index >= 15 is 0 Å². The Balaban J connectivity index is 1.59. The molecule has 140 valence electrons. The van der Waals surface area contributed by atoms with Crippen LogP contribution < -0.4 is 15.0 Å². The van der Waals surface area contributed by atoms with Gasteiger partial charge in [0.15, 0.2) is 0 Å². The Hall–Kier alpha value is -2.80. The summed E-state index contributed by atoms with van der Waals surface area (Å²) in [6, 6.07) is 14.9. The lowest BCUT2D eigenvalue weighted by molar-refractivity contribution is -0.121. The predicted octanol–water partition coefficient (Wildman–Crippen LogP) is 3.18. The molecular formula is C20H21N3O3S. The molecule has 2 amide bonds. The number of carbonyl (C=O) groups is 2. The third-order valence-electron chi connectivity index (χ3n) is 4.12. The molecule has 1 atom stereocenters. The molecule has 1 aliphatic rings. The number of nitrogens with one attached hydrogen (secondary N) is 1. The third kappa shape index (κ3) is 4.68. The van der Waals surface area contributed by atoms with Gasteiger partial charge in [0.1, 0.15) is 16.0 Å². The Labute approximate surface area is 162 Å². The molecule has 27 heavy (non-hydrogen) atoms. The maximum atomic E-state index is 12.3. The van der Waals surface area contributed by atoms with Crippen LogP contribution in [0.3, 0.4) is 0 Å². The first kappa shape index (κ1) is 19.0. The Bertz CT molecular complexity index is 861. The number of carbonyl (C=O) groups excluding carboxylic acids is 2. The van der Waals surface area contributed by atoms with Crippen molar-refractivity contribution in [2.75, 3.05) is 31.4 Å². The van der Waals surface area contributed by atoms with Crippen LogP contribution in [0, 0.1) is 0 Å². The highest BCUT2D eigenvalue weighted by Crippen LogP contribution is 2.30. The maximum Gasteiger partial charge on any atom is 0.260 e. The zero-order valence-corrected chi connectivity index (χ0v) is 16.2. The van der Waals surface area contributed by atoms with Crippen molar-refractivity contribution in [1.82, 2.24) is 0 Å². The largest absolute Gasteiger partial charge is 0.497 e. The highest BCUT2D eigenvalue weighted by molar-refractivity contribution is 8.16. The Kier molecular flexibility index (Phi) is 5.81. The van der Waals surface area contributed by atoms with E-state index in [1.54, 1.807) is 31.4 Å². The van der Waals surface area contributed by atoms with E-state index in [2.05, 4.69) is 10.3 Å². The quantitative estimate of drug-likeness (QED) is 0.830. The second kappa shape index (κ2) is 8.26. The molecule has 0 spiro atoms. The summed E-state index contributed by atoms with van der Waals surface area (Å²) in [5, 5.41) is 2.96. The first-order chi connectivity index (χ1) is 13.0. The molecule has 6 nitrogen and oxygen atoms in total. The van der Waals surface area contributed by atoms with Gasteiger partial charge in [0, 0.05) is 37.5 Å². The molecule has 1 aliphatic heterocycles. The minimum atomic E-state index is -0.494. The number of hydrogen-bond donors (Lipinski definition) is 1. The van der Waals surface area contributed by atoms with Crippen molar-refractivity contribution in [3.63, 3.8) is 0 Å². The summed E-state index contributed by atoms with van der Waals surface area (Å²) in [6.07, 6.45) is 0.0817. The fourth-order valence-electron chi connectivity index (χ4n) is 2.60. The normalized spacial score (nSPS) is 16.0. The van der Waals surface area contributed by atoms with Crippen molar-refractivity contribution < 1.29 is 14.3 Å². The molecule has 0 saturated carbocycles. The van der Waals surface area contributed by atoms with Gasteiger partial charge in [0.05, 0.1) is 7.11 Å². The van der Waals surface area contributed by atoms with Gasteiger partial charge in [-0.05, 0) is 36.4 Å². The van der Waals surface area contributed by atoms with E-state index in [-0.39, 0.29) is 18.2 Å². The van der Waals surface area contributed by atoms with E-state index in [0.717, 1.165) is 11.3 Å². The van der Waals surface area contributed by atoms with E-state index in [0.29, 0.717) is 16.5 Å². The van der Waals surface area contributed by atoms with E-state index in [1.807, 2.05) is 43.3 Å². The van der Waals surface area contributed by atoms with Gasteiger partial charge in [-0.1, -0.05) is 23.9 Å². The average Bonchev–Trinajstić information content (AvgIpc) is 3.02. The van der Waals surface area contributed by atoms with Crippen molar-refractivity contribution in [2.24, 2.45) is 4.99 Å². The molecule has 2 aromatic rings. The second-order valence-electron chi connectivity index (χ2n) is 6.28. The molecule has 1 N–H and O–H groups in total. The summed E-state index contributed by atoms with van der Waals surface area (Å²) < 4.78 is 5.09. The van der Waals surface area contributed by atoms with Crippen LogP contribution in [-0.4, -0.2) is 43.3 Å². The highest BCUT2D eigenvalue weighted by atomic mass is 32.2. The molecule has 0 aromatic heterocycles. The summed E-state index contributed by atoms with van der Waals surface area (Å²) in [5.74, 6) is 0.231. The molecule has 0 aliphatic carbocycles. The van der Waals surface area contributed by atoms with Gasteiger partial charge in [0.2, 0.25) is 5.91 Å². The van der Waals surface area contributed by atoms with Crippen LogP contribution in [0.2, 0.25) is 0 Å². The number of methoxy groups -OCH3 is 1. The number of rotatable bonds is 6. The molecule has 1 heterocycles. The lowest BCUT2D eigenvalue weighted by Crippen LogP contribution is -2.21. The molecule has 3 rings (SSSR count). The molecule has 2 aromatic carbocycles. The van der Waals surface area contributed by atoms with Crippen LogP contribution in [0.1, 0.15) is 12.0 Å². The topological polar surface area (TPSA) is 71.0 Å². The van der Waals surface area contributed by atoms with E-state index < -0.39 is 5.25 Å². The summed E-state index contributed by atoms with van der Waals surface area (Å²) in [7, 11) is 5.53. The number of aliphatic imine (C=N–C) groups is 1. The van der Waals surface area contributed by atoms with Crippen molar-refractivity contribution >= 4 is 40.0 Å². The fraction of sp³-hybridized carbons (Fsp3) is 0.250. The molecule has 0 bridgehead atoms. The number of benzene rings is 2. The van der Waals surface area contributed by atoms with Crippen molar-refractivity contribution in [3.8, 4) is 5.75 Å². The molecule has 0 saturated heterocycles. The minimum absolute atomic E-state index is 0.0817. The number of ether oxygens (including phenoxy) is 1. The van der Waals surface area contributed by atoms with Crippen LogP contribution >= 0.6 is 11.8 Å². The number of nitrogens with zero attached hydrogens (tertiary/aromatic N) is 2. The summed E-state index contributed by atoms with van der Waals surface area (Å²) >= 11 is 1.34. The van der Waals surface area contributed by atoms with Gasteiger partial charge in [0.25, 0.3) is 5.91 Å². The SMILES string of the molecule is COc1ccc(NC(=O)C[C@H]2SC(c3ccc(N(C)C)cc3)=NC2=O)cc1. The number of hydrogen-bond acceptors (Lipinski definition) is 5. The van der Waals surface area contributed by atoms with Crippen LogP contribution in [-0.2, 0) is 9.59 Å². The van der Waals surface area contributed by atoms with Crippen LogP contribution in [0.25, 0.3) is 0 Å². The van der Waals surface area contributed by atoms with Gasteiger partial charge in [-0.15, -0.1) is 0 Å². The fourth-order valence-corrected chi connectivity index (χ4v) is 3.67. The third-order valence-corrected chi connectivity index (χ3v) is 5.32. The van der Waals surface area contributed by atoms with Gasteiger partial charge in [-0.25, -0.2) is 4.99 Å². The highest BCUT2D eigenvalue weighted by Gasteiger charge is 2.31. The summed E-state index contributed by atoms with van der Waals surface area (Å²) in [6.45, 7) is 0. The predicted molar refractivity (Wildman–Crippen MR) is 110 cm³/mol. The minimum Gasteiger partial charge on any atom is -0.497 e. The second-order valence-corrected chi connectivity index (χ2v) is 7.48. The first-order valence-electron chi connectivity index (χ1n) is 8.47. The van der Waals surface area contributed by atoms with Crippen LogP contribution in [0.4, 0.5) is 11.4 Å². The monoisotopic (exact) mass is 383 g/mol. The van der Waals surface area contributed by atoms with E-state index in [4.69, 9.17) is 4.74 Å². The number of thioether (sulfide) groups is 1.